The number of hydrogen-bond acceptors (Lipinski definition) is 3. The van der Waals surface area contributed by atoms with Gasteiger partial charge in [-0.3, -0.25) is 0 Å². The van der Waals surface area contributed by atoms with Gasteiger partial charge in [0.05, 0.1) is 0 Å². The molecule has 0 radical (unpaired) electrons. The van der Waals surface area contributed by atoms with E-state index in [9.17, 15) is 8.42 Å². The van der Waals surface area contributed by atoms with E-state index in [1.807, 2.05) is 6.92 Å². The normalized spacial score (nSPS) is 27.5. The largest absolute Gasteiger partial charge is 0.396 e. The number of nitrogens with zero attached hydrogens (tertiary/aromatic N) is 1. The van der Waals surface area contributed by atoms with Gasteiger partial charge in [-0.05, 0) is 18.8 Å². The highest BCUT2D eigenvalue weighted by atomic mass is 32.2. The summed E-state index contributed by atoms with van der Waals surface area (Å²) >= 11 is 0. The van der Waals surface area contributed by atoms with Gasteiger partial charge >= 0.3 is 0 Å². The fraction of sp³-hybridized carbons (Fsp3) is 1.00. The highest BCUT2D eigenvalue weighted by Crippen LogP contribution is 2.24. The average molecular weight is 222 g/mol. The molecule has 0 aromatic carbocycles. The van der Waals surface area contributed by atoms with E-state index in [2.05, 4.69) is 0 Å². The molecule has 0 spiro atoms. The van der Waals surface area contributed by atoms with Gasteiger partial charge in [0.1, 0.15) is 0 Å². The molecule has 1 aliphatic heterocycles. The van der Waals surface area contributed by atoms with Gasteiger partial charge in [-0.15, -0.1) is 0 Å². The second kappa shape index (κ2) is 4.57. The second-order valence-corrected chi connectivity index (χ2v) is 5.38. The van der Waals surface area contributed by atoms with Gasteiger partial charge < -0.3 is 5.11 Å². The lowest BCUT2D eigenvalue weighted by Gasteiger charge is -2.36. The first kappa shape index (κ1) is 11.9. The zero-order valence-corrected chi connectivity index (χ0v) is 9.20. The van der Waals surface area contributed by atoms with E-state index in [1.54, 1.807) is 0 Å². The molecule has 3 N–H and O–H groups in total. The van der Waals surface area contributed by atoms with Crippen molar-refractivity contribution < 1.29 is 13.5 Å². The molecule has 1 rings (SSSR count). The molecule has 5 nitrogen and oxygen atoms in total. The fourth-order valence-electron chi connectivity index (χ4n) is 1.94. The van der Waals surface area contributed by atoms with Crippen LogP contribution < -0.4 is 5.14 Å². The van der Waals surface area contributed by atoms with Gasteiger partial charge in [0.25, 0.3) is 10.2 Å². The minimum absolute atomic E-state index is 0.00329. The Hall–Kier alpha value is -0.170. The first-order chi connectivity index (χ1) is 6.46. The molecule has 1 heterocycles. The summed E-state index contributed by atoms with van der Waals surface area (Å²) in [6, 6.07) is -0.135. The van der Waals surface area contributed by atoms with Crippen molar-refractivity contribution >= 4 is 10.2 Å². The van der Waals surface area contributed by atoms with Crippen LogP contribution in [0.2, 0.25) is 0 Å². The van der Waals surface area contributed by atoms with Crippen molar-refractivity contribution in [2.45, 2.75) is 32.2 Å². The van der Waals surface area contributed by atoms with E-state index < -0.39 is 10.2 Å². The zero-order valence-electron chi connectivity index (χ0n) is 8.39. The number of rotatable bonds is 3. The van der Waals surface area contributed by atoms with Crippen molar-refractivity contribution in [2.75, 3.05) is 13.2 Å². The van der Waals surface area contributed by atoms with Crippen molar-refractivity contribution in [3.63, 3.8) is 0 Å². The van der Waals surface area contributed by atoms with E-state index in [4.69, 9.17) is 10.2 Å². The van der Waals surface area contributed by atoms with E-state index >= 15 is 0 Å². The molecule has 1 aliphatic rings. The van der Waals surface area contributed by atoms with Crippen LogP contribution in [-0.4, -0.2) is 37.0 Å². The Morgan fingerprint density at radius 2 is 2.21 bits per heavy atom. The molecular weight excluding hydrogens is 204 g/mol. The average Bonchev–Trinajstić information content (AvgIpc) is 2.15. The van der Waals surface area contributed by atoms with Gasteiger partial charge in [-0.25, -0.2) is 5.14 Å². The Labute approximate surface area is 85.1 Å². The summed E-state index contributed by atoms with van der Waals surface area (Å²) in [5.74, 6) is -0.0476. The smallest absolute Gasteiger partial charge is 0.277 e. The molecular formula is C8H18N2O3S. The molecule has 2 unspecified atom stereocenters. The quantitative estimate of drug-likeness (QED) is 0.686. The van der Waals surface area contributed by atoms with Crippen LogP contribution in [-0.2, 0) is 10.2 Å². The summed E-state index contributed by atoms with van der Waals surface area (Å²) < 4.78 is 23.8. The predicted octanol–water partition coefficient (Wildman–Crippen LogP) is -0.327. The summed E-state index contributed by atoms with van der Waals surface area (Å²) in [5.41, 5.74) is 0. The van der Waals surface area contributed by atoms with Gasteiger partial charge in [0, 0.05) is 19.2 Å². The van der Waals surface area contributed by atoms with E-state index in [-0.39, 0.29) is 18.6 Å². The number of aliphatic hydroxyl groups is 1. The maximum Gasteiger partial charge on any atom is 0.277 e. The van der Waals surface area contributed by atoms with Crippen LogP contribution in [0.15, 0.2) is 0 Å². The molecule has 1 fully saturated rings. The standard InChI is InChI=1S/C8H18N2O3S/c1-7(6-11)8-4-2-3-5-10(8)14(9,12)13/h7-8,11H,2-6H2,1H3,(H2,9,12,13). The molecule has 2 atom stereocenters. The molecule has 0 aromatic heterocycles. The lowest BCUT2D eigenvalue weighted by Crippen LogP contribution is -2.50. The second-order valence-electron chi connectivity index (χ2n) is 3.88. The zero-order chi connectivity index (χ0) is 10.8. The third kappa shape index (κ3) is 2.66. The molecule has 0 aromatic rings. The molecule has 0 amide bonds. The first-order valence-corrected chi connectivity index (χ1v) is 6.37. The summed E-state index contributed by atoms with van der Waals surface area (Å²) in [6.45, 7) is 2.32. The molecule has 0 bridgehead atoms. The highest BCUT2D eigenvalue weighted by molar-refractivity contribution is 7.86. The van der Waals surface area contributed by atoms with Crippen molar-refractivity contribution in [3.8, 4) is 0 Å². The van der Waals surface area contributed by atoms with Crippen molar-refractivity contribution in [1.82, 2.24) is 4.31 Å². The minimum atomic E-state index is -3.61. The fourth-order valence-corrected chi connectivity index (χ4v) is 3.01. The summed E-state index contributed by atoms with van der Waals surface area (Å²) in [6.07, 6.45) is 2.64. The topological polar surface area (TPSA) is 83.6 Å². The van der Waals surface area contributed by atoms with Crippen LogP contribution in [0, 0.1) is 5.92 Å². The van der Waals surface area contributed by atoms with Crippen LogP contribution in [0.1, 0.15) is 26.2 Å². The lowest BCUT2D eigenvalue weighted by molar-refractivity contribution is 0.134. The number of hydrogen-bond donors (Lipinski definition) is 2. The Bertz CT molecular complexity index is 278. The van der Waals surface area contributed by atoms with Gasteiger partial charge in [0.15, 0.2) is 0 Å². The first-order valence-electron chi connectivity index (χ1n) is 4.87. The number of nitrogens with two attached hydrogens (primary N) is 1. The molecule has 6 heteroatoms. The van der Waals surface area contributed by atoms with Crippen LogP contribution in [0.25, 0.3) is 0 Å². The van der Waals surface area contributed by atoms with Gasteiger partial charge in [0.2, 0.25) is 0 Å². The van der Waals surface area contributed by atoms with E-state index in [0.717, 1.165) is 19.3 Å². The lowest BCUT2D eigenvalue weighted by atomic mass is 9.94. The summed E-state index contributed by atoms with van der Waals surface area (Å²) in [4.78, 5) is 0. The Morgan fingerprint density at radius 3 is 2.71 bits per heavy atom. The molecule has 84 valence electrons. The highest BCUT2D eigenvalue weighted by Gasteiger charge is 2.32. The van der Waals surface area contributed by atoms with Gasteiger partial charge in [-0.1, -0.05) is 13.3 Å². The maximum atomic E-state index is 11.2. The van der Waals surface area contributed by atoms with Crippen LogP contribution in [0.3, 0.4) is 0 Å². The van der Waals surface area contributed by atoms with Crippen LogP contribution in [0.5, 0.6) is 0 Å². The van der Waals surface area contributed by atoms with E-state index in [0.29, 0.717) is 6.54 Å². The third-order valence-electron chi connectivity index (χ3n) is 2.77. The molecule has 1 saturated heterocycles. The minimum Gasteiger partial charge on any atom is -0.396 e. The molecule has 0 aliphatic carbocycles. The van der Waals surface area contributed by atoms with Crippen LogP contribution in [0.4, 0.5) is 0 Å². The van der Waals surface area contributed by atoms with Crippen molar-refractivity contribution in [1.29, 1.82) is 0 Å². The Morgan fingerprint density at radius 1 is 1.57 bits per heavy atom. The number of piperidine rings is 1. The summed E-state index contributed by atoms with van der Waals surface area (Å²) in [5, 5.41) is 14.1. The van der Waals surface area contributed by atoms with Gasteiger partial charge in [-0.2, -0.15) is 12.7 Å². The maximum absolute atomic E-state index is 11.2. The van der Waals surface area contributed by atoms with Crippen molar-refractivity contribution in [3.05, 3.63) is 0 Å². The number of aliphatic hydroxyl groups excluding tert-OH is 1. The Kier molecular flexibility index (Phi) is 3.88. The molecule has 14 heavy (non-hydrogen) atoms. The van der Waals surface area contributed by atoms with Crippen LogP contribution >= 0.6 is 0 Å². The Balaban J connectivity index is 2.79. The monoisotopic (exact) mass is 222 g/mol. The van der Waals surface area contributed by atoms with Crippen molar-refractivity contribution in [2.24, 2.45) is 11.1 Å². The van der Waals surface area contributed by atoms with E-state index in [1.165, 1.54) is 4.31 Å². The SMILES string of the molecule is CC(CO)C1CCCCN1S(N)(=O)=O. The molecule has 0 saturated carbocycles. The summed E-state index contributed by atoms with van der Waals surface area (Å²) in [7, 11) is -3.61. The third-order valence-corrected chi connectivity index (χ3v) is 3.88. The predicted molar refractivity (Wildman–Crippen MR) is 53.7 cm³/mol.